The fourth-order valence-corrected chi connectivity index (χ4v) is 3.23. The topological polar surface area (TPSA) is 3.24 Å². The normalized spacial score (nSPS) is 18.0. The molecular formula is C15H11ClFNS. The summed E-state index contributed by atoms with van der Waals surface area (Å²) in [6.45, 7) is 0. The van der Waals surface area contributed by atoms with Crippen LogP contribution < -0.4 is 4.90 Å². The summed E-state index contributed by atoms with van der Waals surface area (Å²) in [5.41, 5.74) is 2.10. The molecule has 19 heavy (non-hydrogen) atoms. The van der Waals surface area contributed by atoms with E-state index in [1.807, 2.05) is 35.9 Å². The molecule has 0 spiro atoms. The number of benzene rings is 2. The third-order valence-electron chi connectivity index (χ3n) is 2.94. The molecular weight excluding hydrogens is 281 g/mol. The predicted molar refractivity (Wildman–Crippen MR) is 79.8 cm³/mol. The molecule has 1 atom stereocenters. The molecule has 0 radical (unpaired) electrons. The maximum absolute atomic E-state index is 13.0. The maximum Gasteiger partial charge on any atom is 0.123 e. The van der Waals surface area contributed by atoms with E-state index >= 15 is 0 Å². The predicted octanol–water partition coefficient (Wildman–Crippen LogP) is 5.20. The molecule has 0 saturated carbocycles. The molecule has 0 bridgehead atoms. The van der Waals surface area contributed by atoms with Crippen LogP contribution in [0, 0.1) is 5.82 Å². The second kappa shape index (κ2) is 5.27. The first kappa shape index (κ1) is 12.6. The van der Waals surface area contributed by atoms with Crippen molar-refractivity contribution in [1.82, 2.24) is 0 Å². The van der Waals surface area contributed by atoms with Crippen molar-refractivity contribution in [3.8, 4) is 0 Å². The van der Waals surface area contributed by atoms with Crippen LogP contribution in [0.5, 0.6) is 0 Å². The van der Waals surface area contributed by atoms with Gasteiger partial charge in [0.25, 0.3) is 0 Å². The Morgan fingerprint density at radius 2 is 1.89 bits per heavy atom. The Morgan fingerprint density at radius 1 is 1.11 bits per heavy atom. The van der Waals surface area contributed by atoms with Crippen molar-refractivity contribution >= 4 is 29.1 Å². The lowest BCUT2D eigenvalue weighted by Crippen LogP contribution is -2.16. The van der Waals surface area contributed by atoms with Gasteiger partial charge < -0.3 is 4.90 Å². The fraction of sp³-hybridized carbons (Fsp3) is 0.0667. The molecule has 0 fully saturated rings. The third kappa shape index (κ3) is 2.62. The molecule has 0 saturated heterocycles. The number of nitrogens with zero attached hydrogens (tertiary/aromatic N) is 1. The van der Waals surface area contributed by atoms with Gasteiger partial charge in [0.2, 0.25) is 0 Å². The number of anilines is 1. The van der Waals surface area contributed by atoms with Crippen molar-refractivity contribution in [2.75, 3.05) is 4.90 Å². The zero-order chi connectivity index (χ0) is 13.2. The minimum absolute atomic E-state index is 0.143. The molecule has 0 amide bonds. The summed E-state index contributed by atoms with van der Waals surface area (Å²) >= 11 is 7.74. The highest BCUT2D eigenvalue weighted by molar-refractivity contribution is 8.02. The lowest BCUT2D eigenvalue weighted by molar-refractivity contribution is 0.627. The summed E-state index contributed by atoms with van der Waals surface area (Å²) in [4.78, 5) is 2.11. The molecule has 2 aromatic carbocycles. The van der Waals surface area contributed by atoms with E-state index in [0.29, 0.717) is 0 Å². The monoisotopic (exact) mass is 291 g/mol. The van der Waals surface area contributed by atoms with Gasteiger partial charge >= 0.3 is 0 Å². The van der Waals surface area contributed by atoms with Crippen molar-refractivity contribution in [2.24, 2.45) is 0 Å². The Morgan fingerprint density at radius 3 is 2.63 bits per heavy atom. The highest BCUT2D eigenvalue weighted by Gasteiger charge is 2.23. The van der Waals surface area contributed by atoms with E-state index in [9.17, 15) is 4.39 Å². The van der Waals surface area contributed by atoms with E-state index in [0.717, 1.165) is 16.3 Å². The molecule has 2 aromatic rings. The van der Waals surface area contributed by atoms with E-state index in [1.165, 1.54) is 12.1 Å². The van der Waals surface area contributed by atoms with Gasteiger partial charge in [-0.05, 0) is 47.4 Å². The van der Waals surface area contributed by atoms with Crippen molar-refractivity contribution in [1.29, 1.82) is 0 Å². The number of halogens is 2. The number of hydrogen-bond acceptors (Lipinski definition) is 2. The van der Waals surface area contributed by atoms with Gasteiger partial charge in [-0.15, -0.1) is 11.8 Å². The number of thioether (sulfide) groups is 1. The molecule has 1 heterocycles. The standard InChI is InChI=1S/C15H11ClFNS/c16-12-3-1-2-11(10-12)15-18(8-9-19-15)14-6-4-13(17)5-7-14/h1-10,15H. The van der Waals surface area contributed by atoms with Crippen molar-refractivity contribution in [2.45, 2.75) is 5.37 Å². The van der Waals surface area contributed by atoms with Gasteiger partial charge in [-0.3, -0.25) is 0 Å². The highest BCUT2D eigenvalue weighted by Crippen LogP contribution is 2.42. The Balaban J connectivity index is 1.93. The van der Waals surface area contributed by atoms with Crippen LogP contribution in [0.2, 0.25) is 5.02 Å². The SMILES string of the molecule is Fc1ccc(N2C=CSC2c2cccc(Cl)c2)cc1. The van der Waals surface area contributed by atoms with Crippen LogP contribution in [0.1, 0.15) is 10.9 Å². The van der Waals surface area contributed by atoms with Crippen LogP contribution in [0.15, 0.2) is 60.1 Å². The maximum atomic E-state index is 13.0. The summed E-state index contributed by atoms with van der Waals surface area (Å²) in [6, 6.07) is 14.3. The Bertz CT molecular complexity index is 612. The molecule has 0 aliphatic carbocycles. The fourth-order valence-electron chi connectivity index (χ4n) is 2.05. The molecule has 1 unspecified atom stereocenters. The second-order valence-electron chi connectivity index (χ2n) is 4.21. The third-order valence-corrected chi connectivity index (χ3v) is 4.21. The highest BCUT2D eigenvalue weighted by atomic mass is 35.5. The average molecular weight is 292 g/mol. The first-order valence-corrected chi connectivity index (χ1v) is 7.17. The molecule has 1 nitrogen and oxygen atoms in total. The molecule has 1 aliphatic rings. The zero-order valence-electron chi connectivity index (χ0n) is 9.96. The Hall–Kier alpha value is -1.45. The van der Waals surface area contributed by atoms with Crippen LogP contribution in [-0.4, -0.2) is 0 Å². The van der Waals surface area contributed by atoms with E-state index < -0.39 is 0 Å². The quantitative estimate of drug-likeness (QED) is 0.748. The molecule has 96 valence electrons. The molecule has 0 N–H and O–H groups in total. The Labute approximate surface area is 120 Å². The summed E-state index contributed by atoms with van der Waals surface area (Å²) < 4.78 is 13.0. The van der Waals surface area contributed by atoms with Crippen molar-refractivity contribution in [3.05, 3.63) is 76.5 Å². The van der Waals surface area contributed by atoms with Crippen LogP contribution in [0.3, 0.4) is 0 Å². The minimum atomic E-state index is -0.223. The lowest BCUT2D eigenvalue weighted by Gasteiger charge is -2.25. The largest absolute Gasteiger partial charge is 0.331 e. The van der Waals surface area contributed by atoms with E-state index in [1.54, 1.807) is 23.9 Å². The average Bonchev–Trinajstić information content (AvgIpc) is 2.89. The van der Waals surface area contributed by atoms with Gasteiger partial charge in [0.15, 0.2) is 0 Å². The first-order chi connectivity index (χ1) is 9.24. The summed E-state index contributed by atoms with van der Waals surface area (Å²) in [6.07, 6.45) is 2.00. The first-order valence-electron chi connectivity index (χ1n) is 5.85. The van der Waals surface area contributed by atoms with Crippen LogP contribution in [0.4, 0.5) is 10.1 Å². The van der Waals surface area contributed by atoms with Crippen LogP contribution in [0.25, 0.3) is 0 Å². The molecule has 3 rings (SSSR count). The van der Waals surface area contributed by atoms with E-state index in [4.69, 9.17) is 11.6 Å². The van der Waals surface area contributed by atoms with E-state index in [2.05, 4.69) is 4.90 Å². The second-order valence-corrected chi connectivity index (χ2v) is 5.64. The van der Waals surface area contributed by atoms with Gasteiger partial charge in [0.05, 0.1) is 0 Å². The lowest BCUT2D eigenvalue weighted by atomic mass is 10.2. The summed E-state index contributed by atoms with van der Waals surface area (Å²) in [5.74, 6) is -0.223. The van der Waals surface area contributed by atoms with Crippen LogP contribution >= 0.6 is 23.4 Å². The molecule has 4 heteroatoms. The number of hydrogen-bond donors (Lipinski definition) is 0. The van der Waals surface area contributed by atoms with Crippen LogP contribution in [-0.2, 0) is 0 Å². The van der Waals surface area contributed by atoms with Gasteiger partial charge in [-0.2, -0.15) is 0 Å². The smallest absolute Gasteiger partial charge is 0.123 e. The Kier molecular flexibility index (Phi) is 3.49. The van der Waals surface area contributed by atoms with Gasteiger partial charge in [-0.1, -0.05) is 23.7 Å². The van der Waals surface area contributed by atoms with E-state index in [-0.39, 0.29) is 11.2 Å². The molecule has 0 aromatic heterocycles. The van der Waals surface area contributed by atoms with Gasteiger partial charge in [0, 0.05) is 16.9 Å². The minimum Gasteiger partial charge on any atom is -0.331 e. The van der Waals surface area contributed by atoms with Crippen molar-refractivity contribution < 1.29 is 4.39 Å². The van der Waals surface area contributed by atoms with Gasteiger partial charge in [-0.25, -0.2) is 4.39 Å². The zero-order valence-corrected chi connectivity index (χ0v) is 11.5. The number of rotatable bonds is 2. The van der Waals surface area contributed by atoms with Gasteiger partial charge in [0.1, 0.15) is 11.2 Å². The summed E-state index contributed by atoms with van der Waals surface area (Å²) in [5, 5.41) is 2.91. The molecule has 1 aliphatic heterocycles. The van der Waals surface area contributed by atoms with Crippen molar-refractivity contribution in [3.63, 3.8) is 0 Å². The summed E-state index contributed by atoms with van der Waals surface area (Å²) in [7, 11) is 0.